The molecule has 1 aromatic rings. The Balaban J connectivity index is 1.65. The highest BCUT2D eigenvalue weighted by molar-refractivity contribution is 5.78. The highest BCUT2D eigenvalue weighted by Crippen LogP contribution is 2.26. The van der Waals surface area contributed by atoms with Crippen molar-refractivity contribution in [3.63, 3.8) is 0 Å². The number of ether oxygens (including phenoxy) is 1. The van der Waals surface area contributed by atoms with Crippen LogP contribution >= 0.6 is 0 Å². The first kappa shape index (κ1) is 19.7. The molecule has 5 heteroatoms. The van der Waals surface area contributed by atoms with Crippen molar-refractivity contribution in [3.05, 3.63) is 29.3 Å². The molecule has 25 heavy (non-hydrogen) atoms. The van der Waals surface area contributed by atoms with E-state index in [-0.39, 0.29) is 12.5 Å². The van der Waals surface area contributed by atoms with Gasteiger partial charge >= 0.3 is 0 Å². The first-order valence-corrected chi connectivity index (χ1v) is 9.28. The Labute approximate surface area is 151 Å². The van der Waals surface area contributed by atoms with Crippen LogP contribution in [0.5, 0.6) is 5.75 Å². The third-order valence-electron chi connectivity index (χ3n) is 5.17. The Kier molecular flexibility index (Phi) is 7.72. The minimum absolute atomic E-state index is 0.0388. The summed E-state index contributed by atoms with van der Waals surface area (Å²) in [4.78, 5) is 14.2. The summed E-state index contributed by atoms with van der Waals surface area (Å²) in [5.41, 5.74) is 2.23. The molecule has 1 fully saturated rings. The first-order valence-electron chi connectivity index (χ1n) is 9.28. The lowest BCUT2D eigenvalue weighted by molar-refractivity contribution is -0.122. The van der Waals surface area contributed by atoms with Gasteiger partial charge in [0.05, 0.1) is 13.1 Å². The van der Waals surface area contributed by atoms with E-state index in [0.717, 1.165) is 42.6 Å². The van der Waals surface area contributed by atoms with Gasteiger partial charge in [-0.3, -0.25) is 9.69 Å². The number of carbonyl (C=O) groups excluding carboxylic acids is 1. The van der Waals surface area contributed by atoms with E-state index in [0.29, 0.717) is 31.7 Å². The number of rotatable bonds is 8. The third-order valence-corrected chi connectivity index (χ3v) is 5.17. The van der Waals surface area contributed by atoms with Gasteiger partial charge in [-0.25, -0.2) is 0 Å². The molecule has 1 aliphatic carbocycles. The van der Waals surface area contributed by atoms with Gasteiger partial charge in [-0.1, -0.05) is 18.2 Å². The van der Waals surface area contributed by atoms with Crippen molar-refractivity contribution in [2.45, 2.75) is 45.6 Å². The first-order chi connectivity index (χ1) is 12.0. The van der Waals surface area contributed by atoms with Crippen molar-refractivity contribution in [2.24, 2.45) is 5.92 Å². The molecular weight excluding hydrogens is 316 g/mol. The number of carbonyl (C=O) groups is 1. The predicted octanol–water partition coefficient (Wildman–Crippen LogP) is 2.28. The average molecular weight is 348 g/mol. The monoisotopic (exact) mass is 348 g/mol. The van der Waals surface area contributed by atoms with E-state index >= 15 is 0 Å². The fourth-order valence-electron chi connectivity index (χ4n) is 3.55. The van der Waals surface area contributed by atoms with E-state index in [1.807, 2.05) is 39.1 Å². The molecule has 0 radical (unpaired) electrons. The lowest BCUT2D eigenvalue weighted by Crippen LogP contribution is -2.43. The predicted molar refractivity (Wildman–Crippen MR) is 99.9 cm³/mol. The van der Waals surface area contributed by atoms with Gasteiger partial charge in [-0.05, 0) is 63.6 Å². The Bertz CT molecular complexity index is 534. The van der Waals surface area contributed by atoms with Crippen molar-refractivity contribution in [1.82, 2.24) is 10.2 Å². The number of hydrogen-bond acceptors (Lipinski definition) is 4. The van der Waals surface area contributed by atoms with Gasteiger partial charge in [-0.2, -0.15) is 0 Å². The number of nitrogens with zero attached hydrogens (tertiary/aromatic N) is 1. The largest absolute Gasteiger partial charge is 0.491 e. The standard InChI is InChI=1S/C20H32N2O3/c1-15-5-4-6-16(2)20(15)25-12-11-21-19(24)13-22(3)18-9-7-17(14-23)8-10-18/h4-6,17-18,23H,7-14H2,1-3H3,(H,21,24). The molecule has 5 nitrogen and oxygen atoms in total. The van der Waals surface area contributed by atoms with Gasteiger partial charge in [0.25, 0.3) is 0 Å². The molecule has 0 atom stereocenters. The topological polar surface area (TPSA) is 61.8 Å². The van der Waals surface area contributed by atoms with Crippen molar-refractivity contribution in [1.29, 1.82) is 0 Å². The maximum Gasteiger partial charge on any atom is 0.234 e. The summed E-state index contributed by atoms with van der Waals surface area (Å²) >= 11 is 0. The molecule has 1 aliphatic rings. The van der Waals surface area contributed by atoms with Crippen LogP contribution in [0.15, 0.2) is 18.2 Å². The average Bonchev–Trinajstić information content (AvgIpc) is 2.60. The molecule has 0 aliphatic heterocycles. The van der Waals surface area contributed by atoms with Crippen LogP contribution in [0.25, 0.3) is 0 Å². The zero-order valence-electron chi connectivity index (χ0n) is 15.8. The van der Waals surface area contributed by atoms with Crippen molar-refractivity contribution in [3.8, 4) is 5.75 Å². The van der Waals surface area contributed by atoms with Crippen molar-refractivity contribution in [2.75, 3.05) is 33.4 Å². The summed E-state index contributed by atoms with van der Waals surface area (Å²) < 4.78 is 5.81. The van der Waals surface area contributed by atoms with Crippen LogP contribution < -0.4 is 10.1 Å². The van der Waals surface area contributed by atoms with Crippen LogP contribution in [0, 0.1) is 19.8 Å². The molecule has 0 heterocycles. The lowest BCUT2D eigenvalue weighted by atomic mass is 9.86. The Morgan fingerprint density at radius 2 is 1.88 bits per heavy atom. The SMILES string of the molecule is Cc1cccc(C)c1OCCNC(=O)CN(C)C1CCC(CO)CC1. The maximum atomic E-state index is 12.1. The van der Waals surface area contributed by atoms with Crippen LogP contribution in [-0.2, 0) is 4.79 Å². The number of benzene rings is 1. The molecule has 2 rings (SSSR count). The highest BCUT2D eigenvalue weighted by Gasteiger charge is 2.24. The zero-order valence-corrected chi connectivity index (χ0v) is 15.8. The Morgan fingerprint density at radius 3 is 2.48 bits per heavy atom. The van der Waals surface area contributed by atoms with Crippen molar-refractivity contribution >= 4 is 5.91 Å². The number of para-hydroxylation sites is 1. The van der Waals surface area contributed by atoms with Gasteiger partial charge in [0.1, 0.15) is 12.4 Å². The number of aryl methyl sites for hydroxylation is 2. The molecule has 0 unspecified atom stereocenters. The van der Waals surface area contributed by atoms with Crippen LogP contribution in [0.3, 0.4) is 0 Å². The Hall–Kier alpha value is -1.59. The molecule has 0 bridgehead atoms. The second-order valence-corrected chi connectivity index (χ2v) is 7.19. The fourth-order valence-corrected chi connectivity index (χ4v) is 3.55. The summed E-state index contributed by atoms with van der Waals surface area (Å²) in [6.07, 6.45) is 4.23. The van der Waals surface area contributed by atoms with E-state index < -0.39 is 0 Å². The zero-order chi connectivity index (χ0) is 18.2. The second kappa shape index (κ2) is 9.78. The van der Waals surface area contributed by atoms with Crippen LogP contribution in [-0.4, -0.2) is 55.3 Å². The molecule has 0 saturated heterocycles. The molecule has 0 aromatic heterocycles. The minimum atomic E-state index is 0.0388. The maximum absolute atomic E-state index is 12.1. The van der Waals surface area contributed by atoms with Gasteiger partial charge in [-0.15, -0.1) is 0 Å². The third kappa shape index (κ3) is 6.01. The summed E-state index contributed by atoms with van der Waals surface area (Å²) in [7, 11) is 2.01. The van der Waals surface area contributed by atoms with Gasteiger partial charge in [0.15, 0.2) is 0 Å². The summed E-state index contributed by atoms with van der Waals surface area (Å²) in [5.74, 6) is 1.40. The molecule has 1 amide bonds. The van der Waals surface area contributed by atoms with Crippen molar-refractivity contribution < 1.29 is 14.6 Å². The minimum Gasteiger partial charge on any atom is -0.491 e. The smallest absolute Gasteiger partial charge is 0.234 e. The number of nitrogens with one attached hydrogen (secondary N) is 1. The number of hydrogen-bond donors (Lipinski definition) is 2. The van der Waals surface area contributed by atoms with E-state index in [9.17, 15) is 9.90 Å². The molecule has 0 spiro atoms. The second-order valence-electron chi connectivity index (χ2n) is 7.19. The number of likely N-dealkylation sites (N-methyl/N-ethyl adjacent to an activating group) is 1. The molecular formula is C20H32N2O3. The Morgan fingerprint density at radius 1 is 1.24 bits per heavy atom. The van der Waals surface area contributed by atoms with Gasteiger partial charge in [0, 0.05) is 12.6 Å². The van der Waals surface area contributed by atoms with E-state index in [4.69, 9.17) is 4.74 Å². The van der Waals surface area contributed by atoms with Crippen LogP contribution in [0.4, 0.5) is 0 Å². The molecule has 2 N–H and O–H groups in total. The summed E-state index contributed by atoms with van der Waals surface area (Å²) in [5, 5.41) is 12.1. The summed E-state index contributed by atoms with van der Waals surface area (Å²) in [6, 6.07) is 6.52. The van der Waals surface area contributed by atoms with E-state index in [1.165, 1.54) is 0 Å². The van der Waals surface area contributed by atoms with Crippen LogP contribution in [0.2, 0.25) is 0 Å². The van der Waals surface area contributed by atoms with Crippen LogP contribution in [0.1, 0.15) is 36.8 Å². The van der Waals surface area contributed by atoms with Gasteiger partial charge < -0.3 is 15.2 Å². The highest BCUT2D eigenvalue weighted by atomic mass is 16.5. The lowest BCUT2D eigenvalue weighted by Gasteiger charge is -2.33. The number of aliphatic hydroxyl groups is 1. The van der Waals surface area contributed by atoms with E-state index in [2.05, 4.69) is 10.2 Å². The quantitative estimate of drug-likeness (QED) is 0.708. The summed E-state index contributed by atoms with van der Waals surface area (Å²) in [6.45, 7) is 5.75. The number of aliphatic hydroxyl groups excluding tert-OH is 1. The van der Waals surface area contributed by atoms with Gasteiger partial charge in [0.2, 0.25) is 5.91 Å². The molecule has 1 saturated carbocycles. The normalized spacial score (nSPS) is 20.5. The molecule has 140 valence electrons. The van der Waals surface area contributed by atoms with E-state index in [1.54, 1.807) is 0 Å². The fraction of sp³-hybridized carbons (Fsp3) is 0.650. The molecule has 1 aromatic carbocycles. The number of amides is 1.